The summed E-state index contributed by atoms with van der Waals surface area (Å²) in [5.74, 6) is 1.01. The first-order chi connectivity index (χ1) is 8.20. The van der Waals surface area contributed by atoms with Gasteiger partial charge in [-0.25, -0.2) is 4.98 Å². The van der Waals surface area contributed by atoms with Crippen molar-refractivity contribution in [3.8, 4) is 0 Å². The number of ether oxygens (including phenoxy) is 1. The van der Waals surface area contributed by atoms with Crippen LogP contribution in [0.15, 0.2) is 12.3 Å². The highest BCUT2D eigenvalue weighted by Crippen LogP contribution is 2.22. The second-order valence-electron chi connectivity index (χ2n) is 4.56. The van der Waals surface area contributed by atoms with E-state index in [1.54, 1.807) is 6.20 Å². The van der Waals surface area contributed by atoms with Gasteiger partial charge in [0.25, 0.3) is 0 Å². The molecule has 2 rings (SSSR count). The molecule has 1 aromatic heterocycles. The van der Waals surface area contributed by atoms with Crippen molar-refractivity contribution >= 4 is 11.5 Å². The van der Waals surface area contributed by atoms with Crippen molar-refractivity contribution in [2.45, 2.75) is 32.8 Å². The van der Waals surface area contributed by atoms with E-state index in [0.29, 0.717) is 6.10 Å². The van der Waals surface area contributed by atoms with Crippen LogP contribution < -0.4 is 10.6 Å². The van der Waals surface area contributed by atoms with E-state index in [0.717, 1.165) is 49.6 Å². The van der Waals surface area contributed by atoms with E-state index in [1.807, 2.05) is 13.8 Å². The molecular formula is C13H21N3O. The van der Waals surface area contributed by atoms with Crippen LogP contribution in [0.5, 0.6) is 0 Å². The van der Waals surface area contributed by atoms with Gasteiger partial charge in [-0.1, -0.05) is 0 Å². The average Bonchev–Trinajstić information content (AvgIpc) is 2.33. The summed E-state index contributed by atoms with van der Waals surface area (Å²) in [6, 6.07) is 2.06. The van der Waals surface area contributed by atoms with Crippen molar-refractivity contribution in [3.63, 3.8) is 0 Å². The molecule has 94 valence electrons. The van der Waals surface area contributed by atoms with Crippen LogP contribution in [0.2, 0.25) is 0 Å². The summed E-state index contributed by atoms with van der Waals surface area (Å²) in [7, 11) is 0. The molecule has 2 N–H and O–H groups in total. The molecule has 0 radical (unpaired) electrons. The first-order valence-electron chi connectivity index (χ1n) is 6.29. The minimum absolute atomic E-state index is 0.341. The smallest absolute Gasteiger partial charge is 0.128 e. The zero-order chi connectivity index (χ0) is 12.3. The van der Waals surface area contributed by atoms with Gasteiger partial charge in [0.05, 0.1) is 18.0 Å². The molecule has 1 unspecified atom stereocenters. The SMILES string of the molecule is CCOC1CCCN(c2cc(C)c(N)cn2)C1. The van der Waals surface area contributed by atoms with Gasteiger partial charge in [-0.05, 0) is 38.3 Å². The number of rotatable bonds is 3. The number of piperidine rings is 1. The summed E-state index contributed by atoms with van der Waals surface area (Å²) >= 11 is 0. The summed E-state index contributed by atoms with van der Waals surface area (Å²) in [6.45, 7) is 6.84. The van der Waals surface area contributed by atoms with E-state index in [-0.39, 0.29) is 0 Å². The molecule has 0 amide bonds. The highest BCUT2D eigenvalue weighted by molar-refractivity contribution is 5.52. The first kappa shape index (κ1) is 12.2. The van der Waals surface area contributed by atoms with Gasteiger partial charge in [0, 0.05) is 19.7 Å². The zero-order valence-electron chi connectivity index (χ0n) is 10.6. The van der Waals surface area contributed by atoms with Crippen LogP contribution in [0.1, 0.15) is 25.3 Å². The maximum absolute atomic E-state index is 5.79. The van der Waals surface area contributed by atoms with Crippen LogP contribution in [-0.4, -0.2) is 30.8 Å². The molecule has 1 fully saturated rings. The van der Waals surface area contributed by atoms with Gasteiger partial charge in [-0.2, -0.15) is 0 Å². The molecular weight excluding hydrogens is 214 g/mol. The Bertz CT molecular complexity index is 379. The Hall–Kier alpha value is -1.29. The third-order valence-electron chi connectivity index (χ3n) is 3.24. The molecule has 0 saturated carbocycles. The van der Waals surface area contributed by atoms with Gasteiger partial charge in [-0.15, -0.1) is 0 Å². The normalized spacial score (nSPS) is 20.6. The van der Waals surface area contributed by atoms with Crippen molar-refractivity contribution in [2.75, 3.05) is 30.3 Å². The van der Waals surface area contributed by atoms with E-state index >= 15 is 0 Å². The van der Waals surface area contributed by atoms with Crippen molar-refractivity contribution < 1.29 is 4.74 Å². The highest BCUT2D eigenvalue weighted by atomic mass is 16.5. The Morgan fingerprint density at radius 3 is 3.12 bits per heavy atom. The van der Waals surface area contributed by atoms with E-state index in [4.69, 9.17) is 10.5 Å². The lowest BCUT2D eigenvalue weighted by Crippen LogP contribution is -2.40. The number of anilines is 2. The standard InChI is InChI=1S/C13H21N3O/c1-3-17-11-5-4-6-16(9-11)13-7-10(2)12(14)8-15-13/h7-8,11H,3-6,9,14H2,1-2H3. The van der Waals surface area contributed by atoms with Gasteiger partial charge in [0.2, 0.25) is 0 Å². The predicted octanol–water partition coefficient (Wildman–Crippen LogP) is 1.98. The molecule has 17 heavy (non-hydrogen) atoms. The molecule has 0 aliphatic carbocycles. The Labute approximate surface area is 103 Å². The molecule has 4 nitrogen and oxygen atoms in total. The number of aromatic nitrogens is 1. The monoisotopic (exact) mass is 235 g/mol. The summed E-state index contributed by atoms with van der Waals surface area (Å²) in [6.07, 6.45) is 4.40. The lowest BCUT2D eigenvalue weighted by Gasteiger charge is -2.33. The Morgan fingerprint density at radius 1 is 1.59 bits per heavy atom. The van der Waals surface area contributed by atoms with Crippen LogP contribution in [0, 0.1) is 6.92 Å². The van der Waals surface area contributed by atoms with Gasteiger partial charge in [0.15, 0.2) is 0 Å². The molecule has 2 heterocycles. The maximum atomic E-state index is 5.79. The lowest BCUT2D eigenvalue weighted by atomic mass is 10.1. The van der Waals surface area contributed by atoms with Gasteiger partial charge < -0.3 is 15.4 Å². The number of nitrogens with two attached hydrogens (primary N) is 1. The fraction of sp³-hybridized carbons (Fsp3) is 0.615. The maximum Gasteiger partial charge on any atom is 0.128 e. The van der Waals surface area contributed by atoms with Crippen molar-refractivity contribution in [1.29, 1.82) is 0 Å². The molecule has 1 aliphatic rings. The van der Waals surface area contributed by atoms with Crippen LogP contribution in [0.4, 0.5) is 11.5 Å². The number of aryl methyl sites for hydroxylation is 1. The average molecular weight is 235 g/mol. The Balaban J connectivity index is 2.08. The van der Waals surface area contributed by atoms with Gasteiger partial charge in [0.1, 0.15) is 5.82 Å². The zero-order valence-corrected chi connectivity index (χ0v) is 10.6. The largest absolute Gasteiger partial charge is 0.397 e. The minimum atomic E-state index is 0.341. The number of nitrogens with zero attached hydrogens (tertiary/aromatic N) is 2. The summed E-state index contributed by atoms with van der Waals surface area (Å²) < 4.78 is 5.69. The number of nitrogen functional groups attached to an aromatic ring is 1. The van der Waals surface area contributed by atoms with Crippen molar-refractivity contribution in [1.82, 2.24) is 4.98 Å². The summed E-state index contributed by atoms with van der Waals surface area (Å²) in [5, 5.41) is 0. The van der Waals surface area contributed by atoms with E-state index in [1.165, 1.54) is 0 Å². The fourth-order valence-corrected chi connectivity index (χ4v) is 2.24. The van der Waals surface area contributed by atoms with Gasteiger partial charge >= 0.3 is 0 Å². The molecule has 0 aromatic carbocycles. The van der Waals surface area contributed by atoms with Crippen LogP contribution in [0.3, 0.4) is 0 Å². The molecule has 0 bridgehead atoms. The molecule has 1 aliphatic heterocycles. The molecule has 0 spiro atoms. The van der Waals surface area contributed by atoms with Crippen LogP contribution >= 0.6 is 0 Å². The topological polar surface area (TPSA) is 51.4 Å². The van der Waals surface area contributed by atoms with Crippen LogP contribution in [-0.2, 0) is 4.74 Å². The molecule has 4 heteroatoms. The first-order valence-corrected chi connectivity index (χ1v) is 6.29. The van der Waals surface area contributed by atoms with E-state index < -0.39 is 0 Å². The molecule has 1 saturated heterocycles. The Morgan fingerprint density at radius 2 is 2.41 bits per heavy atom. The van der Waals surface area contributed by atoms with E-state index in [2.05, 4.69) is 16.0 Å². The fourth-order valence-electron chi connectivity index (χ4n) is 2.24. The second kappa shape index (κ2) is 5.36. The highest BCUT2D eigenvalue weighted by Gasteiger charge is 2.21. The number of hydrogen-bond donors (Lipinski definition) is 1. The molecule has 1 atom stereocenters. The van der Waals surface area contributed by atoms with Gasteiger partial charge in [-0.3, -0.25) is 0 Å². The minimum Gasteiger partial charge on any atom is -0.397 e. The quantitative estimate of drug-likeness (QED) is 0.870. The van der Waals surface area contributed by atoms with Crippen LogP contribution in [0.25, 0.3) is 0 Å². The lowest BCUT2D eigenvalue weighted by molar-refractivity contribution is 0.0525. The summed E-state index contributed by atoms with van der Waals surface area (Å²) in [5.41, 5.74) is 7.64. The Kier molecular flexibility index (Phi) is 3.84. The third kappa shape index (κ3) is 2.88. The van der Waals surface area contributed by atoms with Crippen molar-refractivity contribution in [2.24, 2.45) is 0 Å². The second-order valence-corrected chi connectivity index (χ2v) is 4.56. The number of pyridine rings is 1. The van der Waals surface area contributed by atoms with Crippen molar-refractivity contribution in [3.05, 3.63) is 17.8 Å². The predicted molar refractivity (Wildman–Crippen MR) is 70.2 cm³/mol. The number of hydrogen-bond acceptors (Lipinski definition) is 4. The third-order valence-corrected chi connectivity index (χ3v) is 3.24. The summed E-state index contributed by atoms with van der Waals surface area (Å²) in [4.78, 5) is 6.69. The van der Waals surface area contributed by atoms with E-state index in [9.17, 15) is 0 Å². The molecule has 1 aromatic rings.